The molecule has 2 rings (SSSR count). The van der Waals surface area contributed by atoms with Crippen molar-refractivity contribution in [1.82, 2.24) is 4.98 Å². The SMILES string of the molecule is O=C(Cl)c1ccc(-c2ncccc2C(F)(F)F)cc1. The molecule has 0 aliphatic carbocycles. The average molecular weight is 286 g/mol. The number of hydrogen-bond donors (Lipinski definition) is 0. The van der Waals surface area contributed by atoms with Crippen LogP contribution in [0.4, 0.5) is 13.2 Å². The van der Waals surface area contributed by atoms with Crippen LogP contribution in [-0.4, -0.2) is 10.2 Å². The third-order valence-electron chi connectivity index (χ3n) is 2.50. The molecule has 0 fully saturated rings. The maximum Gasteiger partial charge on any atom is 0.418 e. The van der Waals surface area contributed by atoms with E-state index in [0.717, 1.165) is 6.07 Å². The van der Waals surface area contributed by atoms with Gasteiger partial charge >= 0.3 is 6.18 Å². The number of carbonyl (C=O) groups excluding carboxylic acids is 1. The average Bonchev–Trinajstić information content (AvgIpc) is 2.38. The van der Waals surface area contributed by atoms with E-state index in [-0.39, 0.29) is 16.8 Å². The van der Waals surface area contributed by atoms with Crippen LogP contribution in [0.5, 0.6) is 0 Å². The zero-order valence-electron chi connectivity index (χ0n) is 9.41. The molecular weight excluding hydrogens is 279 g/mol. The zero-order chi connectivity index (χ0) is 14.0. The largest absolute Gasteiger partial charge is 0.418 e. The predicted molar refractivity (Wildman–Crippen MR) is 64.9 cm³/mol. The van der Waals surface area contributed by atoms with E-state index >= 15 is 0 Å². The summed E-state index contributed by atoms with van der Waals surface area (Å²) >= 11 is 5.27. The molecule has 98 valence electrons. The van der Waals surface area contributed by atoms with Gasteiger partial charge in [0.25, 0.3) is 5.24 Å². The van der Waals surface area contributed by atoms with Crippen molar-refractivity contribution in [3.63, 3.8) is 0 Å². The van der Waals surface area contributed by atoms with Gasteiger partial charge in [0.15, 0.2) is 0 Å². The molecule has 0 radical (unpaired) electrons. The van der Waals surface area contributed by atoms with Gasteiger partial charge in [0.2, 0.25) is 0 Å². The van der Waals surface area contributed by atoms with Gasteiger partial charge in [-0.25, -0.2) is 0 Å². The highest BCUT2D eigenvalue weighted by Crippen LogP contribution is 2.35. The molecule has 0 spiro atoms. The van der Waals surface area contributed by atoms with Crippen molar-refractivity contribution in [3.8, 4) is 11.3 Å². The third-order valence-corrected chi connectivity index (χ3v) is 2.72. The molecule has 1 aromatic carbocycles. The predicted octanol–water partition coefficient (Wildman–Crippen LogP) is 4.15. The summed E-state index contributed by atoms with van der Waals surface area (Å²) in [6.45, 7) is 0. The van der Waals surface area contributed by atoms with Crippen molar-refractivity contribution in [2.24, 2.45) is 0 Å². The monoisotopic (exact) mass is 285 g/mol. The Bertz CT molecular complexity index is 608. The van der Waals surface area contributed by atoms with Gasteiger partial charge in [-0.05, 0) is 35.9 Å². The summed E-state index contributed by atoms with van der Waals surface area (Å²) in [5.41, 5.74) is -0.506. The first-order valence-corrected chi connectivity index (χ1v) is 5.60. The van der Waals surface area contributed by atoms with Crippen molar-refractivity contribution in [2.45, 2.75) is 6.18 Å². The van der Waals surface area contributed by atoms with Gasteiger partial charge in [-0.1, -0.05) is 12.1 Å². The van der Waals surface area contributed by atoms with Crippen LogP contribution in [0.1, 0.15) is 15.9 Å². The molecule has 2 aromatic rings. The fourth-order valence-electron chi connectivity index (χ4n) is 1.62. The minimum absolute atomic E-state index is 0.177. The second-order valence-electron chi connectivity index (χ2n) is 3.75. The Morgan fingerprint density at radius 3 is 2.26 bits per heavy atom. The molecule has 1 heterocycles. The summed E-state index contributed by atoms with van der Waals surface area (Å²) in [6, 6.07) is 7.67. The Hall–Kier alpha value is -1.88. The molecule has 0 saturated carbocycles. The Kier molecular flexibility index (Phi) is 3.57. The lowest BCUT2D eigenvalue weighted by molar-refractivity contribution is -0.137. The third kappa shape index (κ3) is 2.93. The highest BCUT2D eigenvalue weighted by molar-refractivity contribution is 6.67. The first-order valence-electron chi connectivity index (χ1n) is 5.22. The maximum atomic E-state index is 12.8. The Labute approximate surface area is 111 Å². The number of carbonyl (C=O) groups is 1. The van der Waals surface area contributed by atoms with E-state index < -0.39 is 17.0 Å². The van der Waals surface area contributed by atoms with Crippen LogP contribution >= 0.6 is 11.6 Å². The number of pyridine rings is 1. The van der Waals surface area contributed by atoms with Crippen LogP contribution in [0.25, 0.3) is 11.3 Å². The van der Waals surface area contributed by atoms with Crippen molar-refractivity contribution >= 4 is 16.8 Å². The molecule has 0 amide bonds. The van der Waals surface area contributed by atoms with Crippen LogP contribution < -0.4 is 0 Å². The van der Waals surface area contributed by atoms with Gasteiger partial charge in [0, 0.05) is 17.3 Å². The first kappa shape index (κ1) is 13.5. The molecule has 0 saturated heterocycles. The second-order valence-corrected chi connectivity index (χ2v) is 4.09. The minimum Gasteiger partial charge on any atom is -0.276 e. The molecule has 0 aliphatic heterocycles. The van der Waals surface area contributed by atoms with E-state index in [1.54, 1.807) is 0 Å². The summed E-state index contributed by atoms with van der Waals surface area (Å²) in [7, 11) is 0. The highest BCUT2D eigenvalue weighted by atomic mass is 35.5. The van der Waals surface area contributed by atoms with Gasteiger partial charge in [0.05, 0.1) is 11.3 Å². The number of aromatic nitrogens is 1. The fourth-order valence-corrected chi connectivity index (χ4v) is 1.75. The van der Waals surface area contributed by atoms with Gasteiger partial charge in [0.1, 0.15) is 0 Å². The van der Waals surface area contributed by atoms with Crippen LogP contribution in [-0.2, 0) is 6.18 Å². The Morgan fingerprint density at radius 2 is 1.74 bits per heavy atom. The van der Waals surface area contributed by atoms with Crippen molar-refractivity contribution in [1.29, 1.82) is 0 Å². The van der Waals surface area contributed by atoms with Gasteiger partial charge in [-0.3, -0.25) is 9.78 Å². The number of alkyl halides is 3. The molecule has 0 aliphatic rings. The number of nitrogens with zero attached hydrogens (tertiary/aromatic N) is 1. The summed E-state index contributed by atoms with van der Waals surface area (Å²) in [6.07, 6.45) is -3.20. The molecule has 0 atom stereocenters. The summed E-state index contributed by atoms with van der Waals surface area (Å²) in [5.74, 6) is 0. The Balaban J connectivity index is 2.50. The summed E-state index contributed by atoms with van der Waals surface area (Å²) in [5, 5.41) is -0.663. The van der Waals surface area contributed by atoms with Crippen LogP contribution in [0.3, 0.4) is 0 Å². The van der Waals surface area contributed by atoms with Gasteiger partial charge in [-0.2, -0.15) is 13.2 Å². The van der Waals surface area contributed by atoms with Crippen LogP contribution in [0.2, 0.25) is 0 Å². The van der Waals surface area contributed by atoms with Crippen molar-refractivity contribution in [3.05, 3.63) is 53.7 Å². The molecule has 0 bridgehead atoms. The van der Waals surface area contributed by atoms with E-state index in [1.165, 1.54) is 36.5 Å². The smallest absolute Gasteiger partial charge is 0.276 e. The molecule has 0 N–H and O–H groups in total. The Morgan fingerprint density at radius 1 is 1.11 bits per heavy atom. The molecule has 0 unspecified atom stereocenters. The maximum absolute atomic E-state index is 12.8. The highest BCUT2D eigenvalue weighted by Gasteiger charge is 2.34. The topological polar surface area (TPSA) is 30.0 Å². The second kappa shape index (κ2) is 5.01. The van der Waals surface area contributed by atoms with E-state index in [4.69, 9.17) is 11.6 Å². The summed E-state index contributed by atoms with van der Waals surface area (Å²) in [4.78, 5) is 14.6. The normalized spacial score (nSPS) is 11.4. The van der Waals surface area contributed by atoms with Crippen molar-refractivity contribution < 1.29 is 18.0 Å². The van der Waals surface area contributed by atoms with Crippen LogP contribution in [0.15, 0.2) is 42.6 Å². The lowest BCUT2D eigenvalue weighted by atomic mass is 10.0. The lowest BCUT2D eigenvalue weighted by Gasteiger charge is -2.11. The molecular formula is C13H7ClF3NO. The number of benzene rings is 1. The summed E-state index contributed by atoms with van der Waals surface area (Å²) < 4.78 is 38.5. The fraction of sp³-hybridized carbons (Fsp3) is 0.0769. The zero-order valence-corrected chi connectivity index (χ0v) is 10.2. The molecule has 2 nitrogen and oxygen atoms in total. The number of rotatable bonds is 2. The van der Waals surface area contributed by atoms with E-state index in [1.807, 2.05) is 0 Å². The van der Waals surface area contributed by atoms with Gasteiger partial charge < -0.3 is 0 Å². The lowest BCUT2D eigenvalue weighted by Crippen LogP contribution is -2.08. The quantitative estimate of drug-likeness (QED) is 0.776. The first-order chi connectivity index (χ1) is 8.89. The van der Waals surface area contributed by atoms with Crippen LogP contribution in [0, 0.1) is 0 Å². The minimum atomic E-state index is -4.48. The number of halogens is 4. The molecule has 6 heteroatoms. The van der Waals surface area contributed by atoms with E-state index in [9.17, 15) is 18.0 Å². The van der Waals surface area contributed by atoms with Gasteiger partial charge in [-0.15, -0.1) is 0 Å². The molecule has 19 heavy (non-hydrogen) atoms. The molecule has 1 aromatic heterocycles. The standard InChI is InChI=1S/C13H7ClF3NO/c14-12(19)9-5-3-8(4-6-9)11-10(13(15,16)17)2-1-7-18-11/h1-7H. The van der Waals surface area contributed by atoms with E-state index in [0.29, 0.717) is 0 Å². The van der Waals surface area contributed by atoms with E-state index in [2.05, 4.69) is 4.98 Å². The van der Waals surface area contributed by atoms with Crippen molar-refractivity contribution in [2.75, 3.05) is 0 Å². The number of hydrogen-bond acceptors (Lipinski definition) is 2.